The number of carbonyl (C=O) groups is 3. The van der Waals surface area contributed by atoms with Crippen LogP contribution in [0.1, 0.15) is 5.56 Å². The molecule has 0 bridgehead atoms. The highest BCUT2D eigenvalue weighted by atomic mass is 35.5. The van der Waals surface area contributed by atoms with Crippen LogP contribution in [0.5, 0.6) is 5.75 Å². The molecule has 0 aliphatic carbocycles. The highest BCUT2D eigenvalue weighted by Crippen LogP contribution is 2.29. The van der Waals surface area contributed by atoms with E-state index < -0.39 is 17.8 Å². The number of rotatable bonds is 3. The van der Waals surface area contributed by atoms with Gasteiger partial charge in [-0.2, -0.15) is 0 Å². The number of hydrogen-bond donors (Lipinski definition) is 1. The Kier molecular flexibility index (Phi) is 4.97. The summed E-state index contributed by atoms with van der Waals surface area (Å²) >= 11 is 11.8. The van der Waals surface area contributed by atoms with Crippen LogP contribution in [0.2, 0.25) is 10.0 Å². The molecule has 1 saturated heterocycles. The van der Waals surface area contributed by atoms with Gasteiger partial charge in [-0.15, -0.1) is 0 Å². The van der Waals surface area contributed by atoms with E-state index in [1.807, 2.05) is 0 Å². The van der Waals surface area contributed by atoms with E-state index in [1.165, 1.54) is 31.4 Å². The van der Waals surface area contributed by atoms with Crippen LogP contribution in [0.15, 0.2) is 48.0 Å². The molecule has 8 heteroatoms. The average molecular weight is 391 g/mol. The lowest BCUT2D eigenvalue weighted by Crippen LogP contribution is -2.54. The van der Waals surface area contributed by atoms with E-state index in [4.69, 9.17) is 27.9 Å². The van der Waals surface area contributed by atoms with Crippen LogP contribution in [0.3, 0.4) is 0 Å². The fourth-order valence-electron chi connectivity index (χ4n) is 2.38. The van der Waals surface area contributed by atoms with Crippen molar-refractivity contribution in [3.8, 4) is 5.75 Å². The van der Waals surface area contributed by atoms with Gasteiger partial charge in [0.1, 0.15) is 11.3 Å². The average Bonchev–Trinajstić information content (AvgIpc) is 2.62. The predicted octanol–water partition coefficient (Wildman–Crippen LogP) is 3.67. The molecule has 132 valence electrons. The standard InChI is InChI=1S/C18H12Cl2N2O4/c1-26-12-5-2-10(3-6-12)8-13-16(23)21-18(25)22(17(13)24)11-4-7-14(19)15(20)9-11/h2-9H,1H3,(H,21,23,25)/b13-8+. The van der Waals surface area contributed by atoms with Gasteiger partial charge in [0.2, 0.25) is 0 Å². The molecule has 1 fully saturated rings. The molecule has 3 rings (SSSR count). The van der Waals surface area contributed by atoms with Crippen molar-refractivity contribution >= 4 is 52.8 Å². The van der Waals surface area contributed by atoms with E-state index in [2.05, 4.69) is 5.32 Å². The third kappa shape index (κ3) is 3.42. The first-order valence-electron chi connectivity index (χ1n) is 7.41. The van der Waals surface area contributed by atoms with Crippen molar-refractivity contribution in [2.45, 2.75) is 0 Å². The van der Waals surface area contributed by atoms with Crippen molar-refractivity contribution in [2.75, 3.05) is 12.0 Å². The highest BCUT2D eigenvalue weighted by Gasteiger charge is 2.36. The molecule has 0 aromatic heterocycles. The van der Waals surface area contributed by atoms with Gasteiger partial charge in [0.05, 0.1) is 22.8 Å². The highest BCUT2D eigenvalue weighted by molar-refractivity contribution is 6.43. The monoisotopic (exact) mass is 390 g/mol. The van der Waals surface area contributed by atoms with Gasteiger partial charge in [-0.1, -0.05) is 35.3 Å². The number of urea groups is 1. The fourth-order valence-corrected chi connectivity index (χ4v) is 2.68. The Morgan fingerprint density at radius 2 is 1.69 bits per heavy atom. The van der Waals surface area contributed by atoms with Crippen molar-refractivity contribution in [3.05, 3.63) is 63.6 Å². The minimum Gasteiger partial charge on any atom is -0.497 e. The quantitative estimate of drug-likeness (QED) is 0.640. The molecule has 2 aromatic carbocycles. The smallest absolute Gasteiger partial charge is 0.335 e. The van der Waals surface area contributed by atoms with Crippen molar-refractivity contribution in [1.82, 2.24) is 5.32 Å². The van der Waals surface area contributed by atoms with Crippen molar-refractivity contribution in [2.24, 2.45) is 0 Å². The molecular formula is C18H12Cl2N2O4. The zero-order valence-electron chi connectivity index (χ0n) is 13.5. The zero-order chi connectivity index (χ0) is 18.8. The van der Waals surface area contributed by atoms with Crippen molar-refractivity contribution in [1.29, 1.82) is 0 Å². The number of amides is 4. The molecule has 0 spiro atoms. The maximum Gasteiger partial charge on any atom is 0.335 e. The van der Waals surface area contributed by atoms with Crippen LogP contribution in [0, 0.1) is 0 Å². The van der Waals surface area contributed by atoms with Crippen molar-refractivity contribution in [3.63, 3.8) is 0 Å². The summed E-state index contributed by atoms with van der Waals surface area (Å²) in [5.74, 6) is -0.890. The zero-order valence-corrected chi connectivity index (χ0v) is 15.0. The number of nitrogens with one attached hydrogen (secondary N) is 1. The van der Waals surface area contributed by atoms with Gasteiger partial charge >= 0.3 is 6.03 Å². The first-order valence-corrected chi connectivity index (χ1v) is 8.17. The van der Waals surface area contributed by atoms with Gasteiger partial charge in [-0.05, 0) is 42.0 Å². The molecule has 1 heterocycles. The molecule has 2 aromatic rings. The van der Waals surface area contributed by atoms with Gasteiger partial charge in [0.15, 0.2) is 0 Å². The Morgan fingerprint density at radius 1 is 1.00 bits per heavy atom. The van der Waals surface area contributed by atoms with E-state index in [0.717, 1.165) is 4.90 Å². The molecule has 1 N–H and O–H groups in total. The molecule has 26 heavy (non-hydrogen) atoms. The molecule has 0 radical (unpaired) electrons. The predicted molar refractivity (Wildman–Crippen MR) is 98.5 cm³/mol. The summed E-state index contributed by atoms with van der Waals surface area (Å²) in [6.07, 6.45) is 1.40. The Balaban J connectivity index is 1.99. The van der Waals surface area contributed by atoms with E-state index in [-0.39, 0.29) is 21.3 Å². The Hall–Kier alpha value is -2.83. The summed E-state index contributed by atoms with van der Waals surface area (Å²) in [5.41, 5.74) is 0.628. The summed E-state index contributed by atoms with van der Waals surface area (Å²) < 4.78 is 5.07. The van der Waals surface area contributed by atoms with E-state index >= 15 is 0 Å². The van der Waals surface area contributed by atoms with Crippen molar-refractivity contribution < 1.29 is 19.1 Å². The first-order chi connectivity index (χ1) is 12.4. The number of barbiturate groups is 1. The number of benzene rings is 2. The second kappa shape index (κ2) is 7.19. The van der Waals surface area contributed by atoms with Crippen LogP contribution >= 0.6 is 23.2 Å². The molecule has 1 aliphatic rings. The largest absolute Gasteiger partial charge is 0.497 e. The van der Waals surface area contributed by atoms with Crippen LogP contribution in [0.25, 0.3) is 6.08 Å². The summed E-state index contributed by atoms with van der Waals surface area (Å²) in [6.45, 7) is 0. The molecular weight excluding hydrogens is 379 g/mol. The van der Waals surface area contributed by atoms with Crippen LogP contribution < -0.4 is 15.0 Å². The van der Waals surface area contributed by atoms with Gasteiger partial charge in [-0.3, -0.25) is 14.9 Å². The fraction of sp³-hybridized carbons (Fsp3) is 0.0556. The Labute approximate surface area is 158 Å². The minimum absolute atomic E-state index is 0.180. The van der Waals surface area contributed by atoms with E-state index in [0.29, 0.717) is 11.3 Å². The Morgan fingerprint density at radius 3 is 2.31 bits per heavy atom. The van der Waals surface area contributed by atoms with Gasteiger partial charge < -0.3 is 4.74 Å². The Bertz CT molecular complexity index is 939. The lowest BCUT2D eigenvalue weighted by atomic mass is 10.1. The lowest BCUT2D eigenvalue weighted by Gasteiger charge is -2.26. The number of nitrogens with zero attached hydrogens (tertiary/aromatic N) is 1. The van der Waals surface area contributed by atoms with E-state index in [9.17, 15) is 14.4 Å². The minimum atomic E-state index is -0.856. The summed E-state index contributed by atoms with van der Waals surface area (Å²) in [4.78, 5) is 37.8. The summed E-state index contributed by atoms with van der Waals surface area (Å²) in [6, 6.07) is 10.2. The normalized spacial score (nSPS) is 16.0. The van der Waals surface area contributed by atoms with Gasteiger partial charge in [0, 0.05) is 0 Å². The number of ether oxygens (including phenoxy) is 1. The molecule has 4 amide bonds. The van der Waals surface area contributed by atoms with Crippen LogP contribution in [0.4, 0.5) is 10.5 Å². The molecule has 0 unspecified atom stereocenters. The third-order valence-corrected chi connectivity index (χ3v) is 4.43. The number of carbonyl (C=O) groups excluding carboxylic acids is 3. The van der Waals surface area contributed by atoms with Gasteiger partial charge in [0.25, 0.3) is 11.8 Å². The third-order valence-electron chi connectivity index (χ3n) is 3.69. The molecule has 0 saturated carbocycles. The number of imide groups is 2. The lowest BCUT2D eigenvalue weighted by molar-refractivity contribution is -0.122. The summed E-state index contributed by atoms with van der Waals surface area (Å²) in [7, 11) is 1.53. The van der Waals surface area contributed by atoms with Crippen LogP contribution in [-0.4, -0.2) is 25.0 Å². The number of hydrogen-bond acceptors (Lipinski definition) is 4. The topological polar surface area (TPSA) is 75.7 Å². The SMILES string of the molecule is COc1ccc(/C=C2\C(=O)NC(=O)N(c3ccc(Cl)c(Cl)c3)C2=O)cc1. The molecule has 1 aliphatic heterocycles. The van der Waals surface area contributed by atoms with Gasteiger partial charge in [-0.25, -0.2) is 9.69 Å². The number of halogens is 2. The molecule has 6 nitrogen and oxygen atoms in total. The maximum atomic E-state index is 12.7. The summed E-state index contributed by atoms with van der Waals surface area (Å²) in [5, 5.41) is 2.61. The second-order valence-corrected chi connectivity index (χ2v) is 6.14. The first kappa shape index (κ1) is 18.0. The number of methoxy groups -OCH3 is 1. The second-order valence-electron chi connectivity index (χ2n) is 5.33. The maximum absolute atomic E-state index is 12.7. The van der Waals surface area contributed by atoms with Crippen LogP contribution in [-0.2, 0) is 9.59 Å². The molecule has 0 atom stereocenters. The van der Waals surface area contributed by atoms with E-state index in [1.54, 1.807) is 24.3 Å². The number of anilines is 1.